The summed E-state index contributed by atoms with van der Waals surface area (Å²) in [6.07, 6.45) is 2.47. The summed E-state index contributed by atoms with van der Waals surface area (Å²) in [5.41, 5.74) is 7.79. The van der Waals surface area contributed by atoms with E-state index in [2.05, 4.69) is 4.98 Å². The summed E-state index contributed by atoms with van der Waals surface area (Å²) < 4.78 is 43.0. The normalized spacial score (nSPS) is 11.4. The first-order valence-electron chi connectivity index (χ1n) is 9.62. The molecule has 0 aliphatic heterocycles. The highest BCUT2D eigenvalue weighted by molar-refractivity contribution is 7.90. The van der Waals surface area contributed by atoms with Crippen LogP contribution in [0.15, 0.2) is 77.8 Å². The number of halogens is 1. The summed E-state index contributed by atoms with van der Waals surface area (Å²) in [5.74, 6) is 0.113. The number of pyridine rings is 1. The molecule has 2 N–H and O–H groups in total. The highest BCUT2D eigenvalue weighted by atomic mass is 32.2. The Kier molecular flexibility index (Phi) is 5.63. The molecule has 3 aromatic carbocycles. The van der Waals surface area contributed by atoms with Crippen molar-refractivity contribution in [2.75, 3.05) is 6.26 Å². The highest BCUT2D eigenvalue weighted by Crippen LogP contribution is 2.35. The first-order chi connectivity index (χ1) is 15.3. The Morgan fingerprint density at radius 3 is 2.41 bits per heavy atom. The van der Waals surface area contributed by atoms with Gasteiger partial charge < -0.3 is 10.5 Å². The van der Waals surface area contributed by atoms with E-state index < -0.39 is 22.4 Å². The summed E-state index contributed by atoms with van der Waals surface area (Å²) in [5, 5.41) is 0.590. The van der Waals surface area contributed by atoms with Gasteiger partial charge >= 0.3 is 0 Å². The number of para-hydroxylation sites is 1. The van der Waals surface area contributed by atoms with Crippen molar-refractivity contribution in [2.45, 2.75) is 11.6 Å². The van der Waals surface area contributed by atoms with Crippen molar-refractivity contribution in [3.05, 3.63) is 84.1 Å². The minimum Gasteiger partial charge on any atom is -0.457 e. The number of benzene rings is 3. The fourth-order valence-electron chi connectivity index (χ4n) is 3.51. The van der Waals surface area contributed by atoms with Gasteiger partial charge in [-0.05, 0) is 35.9 Å². The molecule has 1 heterocycles. The van der Waals surface area contributed by atoms with Crippen molar-refractivity contribution >= 4 is 26.6 Å². The van der Waals surface area contributed by atoms with Gasteiger partial charge in [0.25, 0.3) is 5.91 Å². The summed E-state index contributed by atoms with van der Waals surface area (Å²) >= 11 is 0. The van der Waals surface area contributed by atoms with Crippen LogP contribution in [0.5, 0.6) is 11.5 Å². The number of hydrogen-bond acceptors (Lipinski definition) is 5. The lowest BCUT2D eigenvalue weighted by atomic mass is 9.94. The molecule has 0 radical (unpaired) electrons. The smallest absolute Gasteiger partial charge is 0.250 e. The lowest BCUT2D eigenvalue weighted by Gasteiger charge is -2.14. The van der Waals surface area contributed by atoms with E-state index in [0.29, 0.717) is 39.1 Å². The van der Waals surface area contributed by atoms with Gasteiger partial charge in [-0.15, -0.1) is 0 Å². The van der Waals surface area contributed by atoms with E-state index in [1.807, 2.05) is 0 Å². The zero-order valence-corrected chi connectivity index (χ0v) is 17.9. The third kappa shape index (κ3) is 4.17. The number of carbonyl (C=O) groups is 1. The van der Waals surface area contributed by atoms with Crippen molar-refractivity contribution in [1.29, 1.82) is 0 Å². The number of sulfone groups is 1. The van der Waals surface area contributed by atoms with E-state index in [4.69, 9.17) is 10.5 Å². The van der Waals surface area contributed by atoms with E-state index in [1.54, 1.807) is 54.6 Å². The summed E-state index contributed by atoms with van der Waals surface area (Å²) in [7, 11) is -3.38. The van der Waals surface area contributed by atoms with Gasteiger partial charge in [0, 0.05) is 29.0 Å². The van der Waals surface area contributed by atoms with Crippen LogP contribution in [0.2, 0.25) is 0 Å². The molecular weight excluding hydrogens is 431 g/mol. The second kappa shape index (κ2) is 8.39. The number of hydrogen-bond donors (Lipinski definition) is 1. The van der Waals surface area contributed by atoms with Crippen molar-refractivity contribution in [3.8, 4) is 22.6 Å². The van der Waals surface area contributed by atoms with Gasteiger partial charge in [0.15, 0.2) is 9.84 Å². The molecule has 32 heavy (non-hydrogen) atoms. The lowest BCUT2D eigenvalue weighted by molar-refractivity contribution is 0.100. The molecule has 0 aliphatic carbocycles. The number of nitrogens with zero attached hydrogens (tertiary/aromatic N) is 1. The Hall–Kier alpha value is -3.78. The predicted octanol–water partition coefficient (Wildman–Crippen LogP) is 4.67. The van der Waals surface area contributed by atoms with Gasteiger partial charge in [-0.1, -0.05) is 36.4 Å². The van der Waals surface area contributed by atoms with Gasteiger partial charge in [-0.2, -0.15) is 0 Å². The molecule has 1 aromatic heterocycles. The molecule has 4 rings (SSSR count). The largest absolute Gasteiger partial charge is 0.457 e. The quantitative estimate of drug-likeness (QED) is 0.460. The molecule has 0 bridgehead atoms. The van der Waals surface area contributed by atoms with Crippen LogP contribution in [-0.2, 0) is 16.5 Å². The maximum Gasteiger partial charge on any atom is 0.250 e. The monoisotopic (exact) mass is 450 g/mol. The zero-order chi connectivity index (χ0) is 22.9. The number of alkyl halides is 1. The van der Waals surface area contributed by atoms with E-state index in [1.165, 1.54) is 18.3 Å². The molecular formula is C24H19FN2O4S. The van der Waals surface area contributed by atoms with Crippen LogP contribution in [0, 0.1) is 0 Å². The Morgan fingerprint density at radius 2 is 1.72 bits per heavy atom. The van der Waals surface area contributed by atoms with Crippen LogP contribution in [0.4, 0.5) is 4.39 Å². The first-order valence-corrected chi connectivity index (χ1v) is 11.5. The molecule has 0 saturated heterocycles. The van der Waals surface area contributed by atoms with Crippen LogP contribution < -0.4 is 10.5 Å². The third-order valence-corrected chi connectivity index (χ3v) is 6.09. The summed E-state index contributed by atoms with van der Waals surface area (Å²) in [6.45, 7) is -0.695. The minimum atomic E-state index is -3.38. The van der Waals surface area contributed by atoms with Gasteiger partial charge in [-0.25, -0.2) is 12.8 Å². The third-order valence-electron chi connectivity index (χ3n) is 4.98. The molecule has 0 spiro atoms. The van der Waals surface area contributed by atoms with Gasteiger partial charge in [0.05, 0.1) is 16.0 Å². The number of ether oxygens (including phenoxy) is 1. The Balaban J connectivity index is 1.84. The molecule has 1 amide bonds. The predicted molar refractivity (Wildman–Crippen MR) is 120 cm³/mol. The molecule has 4 aromatic rings. The second-order valence-corrected chi connectivity index (χ2v) is 9.25. The van der Waals surface area contributed by atoms with E-state index in [0.717, 1.165) is 6.26 Å². The lowest BCUT2D eigenvalue weighted by Crippen LogP contribution is -2.13. The van der Waals surface area contributed by atoms with Crippen molar-refractivity contribution in [2.24, 2.45) is 5.73 Å². The average molecular weight is 450 g/mol. The van der Waals surface area contributed by atoms with Crippen LogP contribution in [0.25, 0.3) is 22.0 Å². The number of fused-ring (bicyclic) bond motifs is 1. The van der Waals surface area contributed by atoms with Gasteiger partial charge in [0.2, 0.25) is 0 Å². The molecule has 0 aliphatic rings. The van der Waals surface area contributed by atoms with Gasteiger partial charge in [0.1, 0.15) is 18.2 Å². The fourth-order valence-corrected chi connectivity index (χ4v) is 4.17. The molecule has 0 unspecified atom stereocenters. The van der Waals surface area contributed by atoms with Crippen molar-refractivity contribution < 1.29 is 22.3 Å². The maximum atomic E-state index is 13.5. The van der Waals surface area contributed by atoms with E-state index >= 15 is 0 Å². The standard InChI is InChI=1S/C24H19FN2O4S/c1-32(29,30)19-9-4-8-18(12-19)31-17-7-2-5-15(11-17)22-20-10-3-6-16(13-25)23(20)27-14-21(22)24(26)28/h2-12,14H,13H2,1H3,(H2,26,28). The number of primary amides is 1. The highest BCUT2D eigenvalue weighted by Gasteiger charge is 2.17. The zero-order valence-electron chi connectivity index (χ0n) is 17.1. The average Bonchev–Trinajstić information content (AvgIpc) is 2.77. The Morgan fingerprint density at radius 1 is 1.03 bits per heavy atom. The van der Waals surface area contributed by atoms with E-state index in [9.17, 15) is 17.6 Å². The van der Waals surface area contributed by atoms with E-state index in [-0.39, 0.29) is 10.5 Å². The SMILES string of the molecule is CS(=O)(=O)c1cccc(Oc2cccc(-c3c(C(N)=O)cnc4c(CF)cccc34)c2)c1. The molecule has 8 heteroatoms. The van der Waals surface area contributed by atoms with Crippen LogP contribution in [0.3, 0.4) is 0 Å². The number of amides is 1. The number of carbonyl (C=O) groups excluding carboxylic acids is 1. The molecule has 0 atom stereocenters. The summed E-state index contributed by atoms with van der Waals surface area (Å²) in [6, 6.07) is 18.2. The molecule has 0 fully saturated rings. The fraction of sp³-hybridized carbons (Fsp3) is 0.0833. The topological polar surface area (TPSA) is 99.4 Å². The molecule has 0 saturated carbocycles. The van der Waals surface area contributed by atoms with Crippen molar-refractivity contribution in [3.63, 3.8) is 0 Å². The maximum absolute atomic E-state index is 13.5. The summed E-state index contributed by atoms with van der Waals surface area (Å²) in [4.78, 5) is 16.5. The van der Waals surface area contributed by atoms with Gasteiger partial charge in [-0.3, -0.25) is 9.78 Å². The minimum absolute atomic E-state index is 0.140. The second-order valence-electron chi connectivity index (χ2n) is 7.23. The first kappa shape index (κ1) is 21.5. The van der Waals surface area contributed by atoms with Crippen LogP contribution >= 0.6 is 0 Å². The Bertz CT molecular complexity index is 1450. The Labute approximate surface area is 184 Å². The van der Waals surface area contributed by atoms with Crippen LogP contribution in [0.1, 0.15) is 15.9 Å². The number of rotatable bonds is 6. The van der Waals surface area contributed by atoms with Crippen molar-refractivity contribution in [1.82, 2.24) is 4.98 Å². The number of nitrogens with two attached hydrogens (primary N) is 1. The number of aromatic nitrogens is 1. The van der Waals surface area contributed by atoms with Crippen LogP contribution in [-0.4, -0.2) is 25.6 Å². The molecule has 6 nitrogen and oxygen atoms in total. The molecule has 162 valence electrons.